The Labute approximate surface area is 151 Å². The van der Waals surface area contributed by atoms with Crippen molar-refractivity contribution in [2.24, 2.45) is 0 Å². The molecule has 6 nitrogen and oxygen atoms in total. The van der Waals surface area contributed by atoms with Gasteiger partial charge in [-0.05, 0) is 52.0 Å². The summed E-state index contributed by atoms with van der Waals surface area (Å²) < 4.78 is 2.77. The van der Waals surface area contributed by atoms with Crippen molar-refractivity contribution in [1.29, 1.82) is 0 Å². The predicted octanol–water partition coefficient (Wildman–Crippen LogP) is 3.92. The number of carbonyl (C=O) groups excluding carboxylic acids is 1. The standard InChI is InChI=1S/C18H23N5OS/c1-5-22(6-2)13-8-9-14-16(11-13)25-18(19-14)20-17(24)15-10-12(4)21-23(15)7-3/h8-11H,5-7H2,1-4H3,(H,19,20,24). The van der Waals surface area contributed by atoms with Crippen LogP contribution in [0.1, 0.15) is 37.0 Å². The summed E-state index contributed by atoms with van der Waals surface area (Å²) in [7, 11) is 0. The van der Waals surface area contributed by atoms with Crippen molar-refractivity contribution in [3.63, 3.8) is 0 Å². The van der Waals surface area contributed by atoms with Gasteiger partial charge in [0.25, 0.3) is 5.91 Å². The lowest BCUT2D eigenvalue weighted by atomic mass is 10.2. The van der Waals surface area contributed by atoms with Crippen molar-refractivity contribution < 1.29 is 4.79 Å². The van der Waals surface area contributed by atoms with E-state index in [1.165, 1.54) is 17.0 Å². The molecular formula is C18H23N5OS. The van der Waals surface area contributed by atoms with Crippen LogP contribution in [-0.2, 0) is 6.54 Å². The molecule has 3 rings (SSSR count). The zero-order chi connectivity index (χ0) is 18.0. The summed E-state index contributed by atoms with van der Waals surface area (Å²) in [5, 5.41) is 7.83. The number of benzene rings is 1. The first-order valence-corrected chi connectivity index (χ1v) is 9.38. The van der Waals surface area contributed by atoms with Crippen LogP contribution >= 0.6 is 11.3 Å². The Hall–Kier alpha value is -2.41. The molecule has 0 radical (unpaired) electrons. The molecule has 0 spiro atoms. The number of anilines is 2. The smallest absolute Gasteiger partial charge is 0.275 e. The Morgan fingerprint density at radius 1 is 1.24 bits per heavy atom. The van der Waals surface area contributed by atoms with Gasteiger partial charge in [-0.2, -0.15) is 5.10 Å². The van der Waals surface area contributed by atoms with E-state index >= 15 is 0 Å². The van der Waals surface area contributed by atoms with Gasteiger partial charge in [-0.1, -0.05) is 11.3 Å². The number of nitrogens with zero attached hydrogens (tertiary/aromatic N) is 4. The number of fused-ring (bicyclic) bond motifs is 1. The number of carbonyl (C=O) groups is 1. The Bertz CT molecular complexity index is 894. The van der Waals surface area contributed by atoms with Crippen LogP contribution in [0, 0.1) is 6.92 Å². The van der Waals surface area contributed by atoms with E-state index in [4.69, 9.17) is 0 Å². The number of thiazole rings is 1. The van der Waals surface area contributed by atoms with Crippen LogP contribution < -0.4 is 10.2 Å². The molecule has 0 aliphatic heterocycles. The van der Waals surface area contributed by atoms with E-state index < -0.39 is 0 Å². The van der Waals surface area contributed by atoms with E-state index in [9.17, 15) is 4.79 Å². The van der Waals surface area contributed by atoms with Gasteiger partial charge in [-0.3, -0.25) is 14.8 Å². The summed E-state index contributed by atoms with van der Waals surface area (Å²) in [4.78, 5) is 19.4. The molecule has 2 aromatic heterocycles. The maximum Gasteiger partial charge on any atom is 0.275 e. The number of amides is 1. The Morgan fingerprint density at radius 2 is 2.00 bits per heavy atom. The normalized spacial score (nSPS) is 11.0. The first-order chi connectivity index (χ1) is 12.0. The minimum Gasteiger partial charge on any atom is -0.372 e. The van der Waals surface area contributed by atoms with Crippen LogP contribution in [0.4, 0.5) is 10.8 Å². The Morgan fingerprint density at radius 3 is 2.68 bits per heavy atom. The molecule has 0 saturated heterocycles. The molecule has 0 unspecified atom stereocenters. The zero-order valence-corrected chi connectivity index (χ0v) is 15.9. The number of nitrogens with one attached hydrogen (secondary N) is 1. The van der Waals surface area contributed by atoms with Crippen LogP contribution in [0.3, 0.4) is 0 Å². The fourth-order valence-electron chi connectivity index (χ4n) is 2.88. The monoisotopic (exact) mass is 357 g/mol. The minimum atomic E-state index is -0.175. The quantitative estimate of drug-likeness (QED) is 0.726. The molecule has 0 aliphatic rings. The fraction of sp³-hybridized carbons (Fsp3) is 0.389. The first-order valence-electron chi connectivity index (χ1n) is 8.57. The van der Waals surface area contributed by atoms with Gasteiger partial charge in [0.05, 0.1) is 15.9 Å². The van der Waals surface area contributed by atoms with Crippen molar-refractivity contribution in [2.45, 2.75) is 34.2 Å². The summed E-state index contributed by atoms with van der Waals surface area (Å²) in [6.07, 6.45) is 0. The van der Waals surface area contributed by atoms with Crippen molar-refractivity contribution in [3.05, 3.63) is 35.7 Å². The molecule has 0 saturated carbocycles. The van der Waals surface area contributed by atoms with E-state index in [0.29, 0.717) is 17.4 Å². The van der Waals surface area contributed by atoms with E-state index in [0.717, 1.165) is 29.0 Å². The third kappa shape index (κ3) is 3.51. The molecule has 1 amide bonds. The molecule has 25 heavy (non-hydrogen) atoms. The van der Waals surface area contributed by atoms with Gasteiger partial charge in [-0.15, -0.1) is 0 Å². The highest BCUT2D eigenvalue weighted by Gasteiger charge is 2.15. The molecule has 132 valence electrons. The lowest BCUT2D eigenvalue weighted by Crippen LogP contribution is -2.21. The molecule has 0 fully saturated rings. The number of hydrogen-bond donors (Lipinski definition) is 1. The van der Waals surface area contributed by atoms with Crippen LogP contribution in [0.2, 0.25) is 0 Å². The average molecular weight is 357 g/mol. The van der Waals surface area contributed by atoms with Gasteiger partial charge >= 0.3 is 0 Å². The Balaban J connectivity index is 1.85. The van der Waals surface area contributed by atoms with E-state index in [2.05, 4.69) is 46.3 Å². The van der Waals surface area contributed by atoms with Gasteiger partial charge in [0, 0.05) is 25.3 Å². The largest absolute Gasteiger partial charge is 0.372 e. The molecule has 0 aliphatic carbocycles. The van der Waals surface area contributed by atoms with E-state index in [1.807, 2.05) is 19.9 Å². The summed E-state index contributed by atoms with van der Waals surface area (Å²) >= 11 is 1.49. The summed E-state index contributed by atoms with van der Waals surface area (Å²) in [6.45, 7) is 10.7. The van der Waals surface area contributed by atoms with Gasteiger partial charge in [0.1, 0.15) is 5.69 Å². The first kappa shape index (κ1) is 17.4. The summed E-state index contributed by atoms with van der Waals surface area (Å²) in [5.74, 6) is -0.175. The molecule has 1 aromatic carbocycles. The van der Waals surface area contributed by atoms with E-state index in [1.54, 1.807) is 10.7 Å². The average Bonchev–Trinajstić information content (AvgIpc) is 3.17. The van der Waals surface area contributed by atoms with Crippen molar-refractivity contribution in [3.8, 4) is 0 Å². The SMILES string of the molecule is CCN(CC)c1ccc2nc(NC(=O)c3cc(C)nn3CC)sc2c1. The molecule has 2 heterocycles. The fourth-order valence-corrected chi connectivity index (χ4v) is 3.78. The van der Waals surface area contributed by atoms with Gasteiger partial charge < -0.3 is 4.90 Å². The summed E-state index contributed by atoms with van der Waals surface area (Å²) in [5.41, 5.74) is 3.47. The van der Waals surface area contributed by atoms with Crippen molar-refractivity contribution in [1.82, 2.24) is 14.8 Å². The Kier molecular flexibility index (Phi) is 5.03. The van der Waals surface area contributed by atoms with Gasteiger partial charge in [-0.25, -0.2) is 4.98 Å². The molecule has 3 aromatic rings. The molecule has 0 atom stereocenters. The number of rotatable bonds is 6. The van der Waals surface area contributed by atoms with Gasteiger partial charge in [0.2, 0.25) is 0 Å². The summed E-state index contributed by atoms with van der Waals surface area (Å²) in [6, 6.07) is 8.02. The molecule has 1 N–H and O–H groups in total. The highest BCUT2D eigenvalue weighted by molar-refractivity contribution is 7.22. The zero-order valence-electron chi connectivity index (χ0n) is 15.0. The lowest BCUT2D eigenvalue weighted by molar-refractivity contribution is 0.101. The predicted molar refractivity (Wildman–Crippen MR) is 104 cm³/mol. The van der Waals surface area contributed by atoms with Crippen LogP contribution in [0.25, 0.3) is 10.2 Å². The van der Waals surface area contributed by atoms with E-state index in [-0.39, 0.29) is 5.91 Å². The maximum atomic E-state index is 12.5. The molecule has 0 bridgehead atoms. The van der Waals surface area contributed by atoms with Crippen LogP contribution in [-0.4, -0.2) is 33.8 Å². The number of aryl methyl sites for hydroxylation is 2. The second kappa shape index (κ2) is 7.23. The highest BCUT2D eigenvalue weighted by atomic mass is 32.1. The van der Waals surface area contributed by atoms with Crippen molar-refractivity contribution >= 4 is 38.3 Å². The molecular weight excluding hydrogens is 334 g/mol. The molecule has 7 heteroatoms. The number of hydrogen-bond acceptors (Lipinski definition) is 5. The van der Waals surface area contributed by atoms with Crippen molar-refractivity contribution in [2.75, 3.05) is 23.3 Å². The van der Waals surface area contributed by atoms with Crippen LogP contribution in [0.5, 0.6) is 0 Å². The van der Waals surface area contributed by atoms with Crippen LogP contribution in [0.15, 0.2) is 24.3 Å². The number of aromatic nitrogens is 3. The second-order valence-corrected chi connectivity index (χ2v) is 6.81. The van der Waals surface area contributed by atoms with Gasteiger partial charge in [0.15, 0.2) is 5.13 Å². The third-order valence-electron chi connectivity index (χ3n) is 4.16. The maximum absolute atomic E-state index is 12.5. The second-order valence-electron chi connectivity index (χ2n) is 5.78. The lowest BCUT2D eigenvalue weighted by Gasteiger charge is -2.20. The highest BCUT2D eigenvalue weighted by Crippen LogP contribution is 2.30. The topological polar surface area (TPSA) is 63.1 Å². The minimum absolute atomic E-state index is 0.175. The third-order valence-corrected chi connectivity index (χ3v) is 5.09.